The van der Waals surface area contributed by atoms with Crippen LogP contribution < -0.4 is 5.32 Å². The summed E-state index contributed by atoms with van der Waals surface area (Å²) in [5.41, 5.74) is 0.952. The standard InChI is InChI=1S/C11H15NO3S/c1-9(13)7-12-8-10-3-5-11(6-4-10)16(2,14)15/h3-6,12H,7-8H2,1-2H3. The molecular weight excluding hydrogens is 226 g/mol. The van der Waals surface area contributed by atoms with Crippen molar-refractivity contribution in [2.75, 3.05) is 12.8 Å². The molecule has 0 radical (unpaired) electrons. The molecule has 0 heterocycles. The minimum Gasteiger partial charge on any atom is -0.306 e. The second-order valence-corrected chi connectivity index (χ2v) is 5.74. The van der Waals surface area contributed by atoms with E-state index >= 15 is 0 Å². The number of hydrogen-bond donors (Lipinski definition) is 1. The van der Waals surface area contributed by atoms with Crippen LogP contribution in [0.2, 0.25) is 0 Å². The van der Waals surface area contributed by atoms with Gasteiger partial charge in [-0.1, -0.05) is 12.1 Å². The Bertz CT molecular complexity index is 463. The largest absolute Gasteiger partial charge is 0.306 e. The van der Waals surface area contributed by atoms with Crippen LogP contribution in [0.4, 0.5) is 0 Å². The summed E-state index contributed by atoms with van der Waals surface area (Å²) in [6.45, 7) is 2.40. The number of hydrogen-bond acceptors (Lipinski definition) is 4. The second-order valence-electron chi connectivity index (χ2n) is 3.72. The van der Waals surface area contributed by atoms with Gasteiger partial charge < -0.3 is 5.32 Å². The molecule has 0 spiro atoms. The van der Waals surface area contributed by atoms with Gasteiger partial charge in [0.05, 0.1) is 11.4 Å². The molecule has 0 amide bonds. The van der Waals surface area contributed by atoms with Gasteiger partial charge in [-0.3, -0.25) is 4.79 Å². The van der Waals surface area contributed by atoms with E-state index in [0.29, 0.717) is 18.0 Å². The first-order valence-electron chi connectivity index (χ1n) is 4.89. The van der Waals surface area contributed by atoms with Crippen molar-refractivity contribution in [1.29, 1.82) is 0 Å². The minimum atomic E-state index is -3.13. The molecule has 16 heavy (non-hydrogen) atoms. The van der Waals surface area contributed by atoms with Gasteiger partial charge in [-0.2, -0.15) is 0 Å². The highest BCUT2D eigenvalue weighted by Crippen LogP contribution is 2.09. The molecule has 0 saturated heterocycles. The first-order chi connectivity index (χ1) is 7.39. The predicted octanol–water partition coefficient (Wildman–Crippen LogP) is 0.769. The van der Waals surface area contributed by atoms with Crippen molar-refractivity contribution in [3.8, 4) is 0 Å². The lowest BCUT2D eigenvalue weighted by atomic mass is 10.2. The van der Waals surface area contributed by atoms with E-state index in [1.807, 2.05) is 0 Å². The van der Waals surface area contributed by atoms with Crippen LogP contribution in [0.15, 0.2) is 29.2 Å². The SMILES string of the molecule is CC(=O)CNCc1ccc(S(C)(=O)=O)cc1. The molecule has 88 valence electrons. The van der Waals surface area contributed by atoms with E-state index in [1.165, 1.54) is 13.2 Å². The highest BCUT2D eigenvalue weighted by molar-refractivity contribution is 7.90. The monoisotopic (exact) mass is 241 g/mol. The number of carbonyl (C=O) groups excluding carboxylic acids is 1. The van der Waals surface area contributed by atoms with Gasteiger partial charge in [-0.25, -0.2) is 8.42 Å². The summed E-state index contributed by atoms with van der Waals surface area (Å²) < 4.78 is 22.4. The molecule has 0 aromatic heterocycles. The number of ketones is 1. The van der Waals surface area contributed by atoms with Gasteiger partial charge in [-0.15, -0.1) is 0 Å². The molecule has 0 unspecified atom stereocenters. The zero-order chi connectivity index (χ0) is 12.2. The van der Waals surface area contributed by atoms with Gasteiger partial charge in [0.1, 0.15) is 5.78 Å². The average Bonchev–Trinajstić information content (AvgIpc) is 2.16. The van der Waals surface area contributed by atoms with Crippen LogP contribution in [-0.4, -0.2) is 27.0 Å². The molecule has 0 fully saturated rings. The highest BCUT2D eigenvalue weighted by atomic mass is 32.2. The number of carbonyl (C=O) groups is 1. The lowest BCUT2D eigenvalue weighted by molar-refractivity contribution is -0.116. The van der Waals surface area contributed by atoms with Crippen molar-refractivity contribution in [3.05, 3.63) is 29.8 Å². The van der Waals surface area contributed by atoms with Crippen molar-refractivity contribution in [2.24, 2.45) is 0 Å². The third kappa shape index (κ3) is 4.12. The van der Waals surface area contributed by atoms with E-state index in [-0.39, 0.29) is 5.78 Å². The van der Waals surface area contributed by atoms with Gasteiger partial charge in [0.2, 0.25) is 0 Å². The molecule has 0 aliphatic carbocycles. The van der Waals surface area contributed by atoms with Crippen molar-refractivity contribution in [1.82, 2.24) is 5.32 Å². The van der Waals surface area contributed by atoms with E-state index in [2.05, 4.69) is 5.32 Å². The molecule has 1 aromatic carbocycles. The predicted molar refractivity (Wildman–Crippen MR) is 61.9 cm³/mol. The summed E-state index contributed by atoms with van der Waals surface area (Å²) in [6, 6.07) is 6.62. The van der Waals surface area contributed by atoms with Crippen molar-refractivity contribution < 1.29 is 13.2 Å². The van der Waals surface area contributed by atoms with E-state index < -0.39 is 9.84 Å². The smallest absolute Gasteiger partial charge is 0.175 e. The zero-order valence-corrected chi connectivity index (χ0v) is 10.2. The number of Topliss-reactive ketones (excluding diaryl/α,β-unsaturated/α-hetero) is 1. The van der Waals surface area contributed by atoms with Crippen LogP contribution in [0.25, 0.3) is 0 Å². The van der Waals surface area contributed by atoms with Crippen LogP contribution in [0.3, 0.4) is 0 Å². The molecule has 1 rings (SSSR count). The van der Waals surface area contributed by atoms with Gasteiger partial charge in [0.15, 0.2) is 9.84 Å². The Morgan fingerprint density at radius 1 is 1.25 bits per heavy atom. The van der Waals surface area contributed by atoms with Gasteiger partial charge in [0.25, 0.3) is 0 Å². The Labute approximate surface area is 95.6 Å². The fourth-order valence-electron chi connectivity index (χ4n) is 1.24. The van der Waals surface area contributed by atoms with Crippen LogP contribution >= 0.6 is 0 Å². The Morgan fingerprint density at radius 2 is 1.81 bits per heavy atom. The fraction of sp³-hybridized carbons (Fsp3) is 0.364. The molecule has 1 N–H and O–H groups in total. The van der Waals surface area contributed by atoms with E-state index in [0.717, 1.165) is 5.56 Å². The van der Waals surface area contributed by atoms with Gasteiger partial charge >= 0.3 is 0 Å². The lowest BCUT2D eigenvalue weighted by Gasteiger charge is -2.03. The topological polar surface area (TPSA) is 63.2 Å². The summed E-state index contributed by atoms with van der Waals surface area (Å²) in [5, 5.41) is 2.96. The summed E-state index contributed by atoms with van der Waals surface area (Å²) in [5.74, 6) is 0.0766. The summed E-state index contributed by atoms with van der Waals surface area (Å²) in [7, 11) is -3.13. The van der Waals surface area contributed by atoms with Crippen LogP contribution in [0.1, 0.15) is 12.5 Å². The molecule has 0 atom stereocenters. The molecule has 0 saturated carbocycles. The second kappa shape index (κ2) is 5.23. The summed E-state index contributed by atoms with van der Waals surface area (Å²) in [4.78, 5) is 11.0. The van der Waals surface area contributed by atoms with Crippen LogP contribution in [0.5, 0.6) is 0 Å². The molecule has 0 bridgehead atoms. The molecular formula is C11H15NO3S. The third-order valence-electron chi connectivity index (χ3n) is 2.05. The quantitative estimate of drug-likeness (QED) is 0.827. The molecule has 5 heteroatoms. The van der Waals surface area contributed by atoms with E-state index in [9.17, 15) is 13.2 Å². The molecule has 4 nitrogen and oxygen atoms in total. The van der Waals surface area contributed by atoms with Crippen LogP contribution in [-0.2, 0) is 21.2 Å². The summed E-state index contributed by atoms with van der Waals surface area (Å²) >= 11 is 0. The minimum absolute atomic E-state index is 0.0766. The highest BCUT2D eigenvalue weighted by Gasteiger charge is 2.05. The molecule has 0 aliphatic heterocycles. The Hall–Kier alpha value is -1.20. The van der Waals surface area contributed by atoms with Gasteiger partial charge in [-0.05, 0) is 24.6 Å². The first-order valence-corrected chi connectivity index (χ1v) is 6.78. The van der Waals surface area contributed by atoms with Crippen LogP contribution in [0, 0.1) is 0 Å². The fourth-order valence-corrected chi connectivity index (χ4v) is 1.87. The van der Waals surface area contributed by atoms with E-state index in [1.54, 1.807) is 24.3 Å². The first kappa shape index (κ1) is 12.9. The zero-order valence-electron chi connectivity index (χ0n) is 9.36. The number of benzene rings is 1. The lowest BCUT2D eigenvalue weighted by Crippen LogP contribution is -2.20. The number of rotatable bonds is 5. The van der Waals surface area contributed by atoms with Crippen molar-refractivity contribution in [2.45, 2.75) is 18.4 Å². The number of sulfone groups is 1. The molecule has 0 aliphatic rings. The maximum absolute atomic E-state index is 11.2. The maximum Gasteiger partial charge on any atom is 0.175 e. The number of nitrogens with one attached hydrogen (secondary N) is 1. The van der Waals surface area contributed by atoms with Crippen molar-refractivity contribution in [3.63, 3.8) is 0 Å². The normalized spacial score (nSPS) is 11.4. The van der Waals surface area contributed by atoms with Gasteiger partial charge in [0, 0.05) is 12.8 Å². The Balaban J connectivity index is 2.62. The average molecular weight is 241 g/mol. The van der Waals surface area contributed by atoms with E-state index in [4.69, 9.17) is 0 Å². The Kier molecular flexibility index (Phi) is 4.20. The molecule has 1 aromatic rings. The van der Waals surface area contributed by atoms with Crippen molar-refractivity contribution >= 4 is 15.6 Å². The third-order valence-corrected chi connectivity index (χ3v) is 3.18. The Morgan fingerprint density at radius 3 is 2.25 bits per heavy atom. The maximum atomic E-state index is 11.2. The summed E-state index contributed by atoms with van der Waals surface area (Å²) in [6.07, 6.45) is 1.18.